The summed E-state index contributed by atoms with van der Waals surface area (Å²) in [6, 6.07) is 7.69. The van der Waals surface area contributed by atoms with Crippen molar-refractivity contribution in [3.05, 3.63) is 30.5 Å². The van der Waals surface area contributed by atoms with Crippen LogP contribution < -0.4 is 11.1 Å². The third-order valence-electron chi connectivity index (χ3n) is 3.24. The molecule has 0 unspecified atom stereocenters. The van der Waals surface area contributed by atoms with Crippen molar-refractivity contribution in [3.8, 4) is 0 Å². The molecule has 0 saturated carbocycles. The largest absolute Gasteiger partial charge is 0.396 e. The number of anilines is 2. The molecule has 114 valence electrons. The van der Waals surface area contributed by atoms with E-state index in [-0.39, 0.29) is 5.75 Å². The smallest absolute Gasteiger partial charge is 0.213 e. The van der Waals surface area contributed by atoms with Crippen LogP contribution in [0.15, 0.2) is 30.5 Å². The minimum atomic E-state index is -3.16. The molecular weight excluding hydrogens is 288 g/mol. The number of para-hydroxylation sites is 1. The van der Waals surface area contributed by atoms with Gasteiger partial charge in [-0.2, -0.15) is 0 Å². The lowest BCUT2D eigenvalue weighted by molar-refractivity contribution is 0.519. The van der Waals surface area contributed by atoms with Crippen LogP contribution in [0.1, 0.15) is 6.42 Å². The molecule has 1 heterocycles. The highest BCUT2D eigenvalue weighted by Crippen LogP contribution is 2.27. The van der Waals surface area contributed by atoms with Gasteiger partial charge in [0.15, 0.2) is 0 Å². The summed E-state index contributed by atoms with van der Waals surface area (Å²) in [4.78, 5) is 4.26. The summed E-state index contributed by atoms with van der Waals surface area (Å²) in [6.07, 6.45) is 2.12. The second kappa shape index (κ2) is 6.28. The molecule has 2 aromatic rings. The van der Waals surface area contributed by atoms with Crippen molar-refractivity contribution in [2.75, 3.05) is 37.4 Å². The molecule has 0 amide bonds. The Morgan fingerprint density at radius 3 is 2.71 bits per heavy atom. The van der Waals surface area contributed by atoms with Crippen molar-refractivity contribution < 1.29 is 8.42 Å². The number of rotatable bonds is 6. The Balaban J connectivity index is 2.06. The van der Waals surface area contributed by atoms with Crippen LogP contribution in [0.2, 0.25) is 0 Å². The number of nitrogens with two attached hydrogens (primary N) is 1. The van der Waals surface area contributed by atoms with Crippen LogP contribution in [-0.4, -0.2) is 44.1 Å². The predicted octanol–water partition coefficient (Wildman–Crippen LogP) is 1.51. The van der Waals surface area contributed by atoms with Crippen LogP contribution in [0.25, 0.3) is 10.9 Å². The van der Waals surface area contributed by atoms with E-state index in [1.54, 1.807) is 6.20 Å². The zero-order valence-corrected chi connectivity index (χ0v) is 13.0. The zero-order chi connectivity index (χ0) is 15.5. The number of hydrogen-bond donors (Lipinski definition) is 2. The van der Waals surface area contributed by atoms with E-state index in [1.165, 1.54) is 18.4 Å². The monoisotopic (exact) mass is 308 g/mol. The molecule has 21 heavy (non-hydrogen) atoms. The number of sulfonamides is 1. The van der Waals surface area contributed by atoms with Gasteiger partial charge in [0.25, 0.3) is 0 Å². The predicted molar refractivity (Wildman–Crippen MR) is 86.7 cm³/mol. The van der Waals surface area contributed by atoms with Gasteiger partial charge in [-0.3, -0.25) is 4.98 Å². The maximum Gasteiger partial charge on any atom is 0.213 e. The standard InChI is InChI=1S/C14H20N4O2S/c1-18(2)21(19,20)9-5-8-16-14-11-6-3-4-7-13(11)17-10-12(14)15/h3-4,6-7,10H,5,8-9,15H2,1-2H3,(H,16,17). The molecule has 0 radical (unpaired) electrons. The summed E-state index contributed by atoms with van der Waals surface area (Å²) in [5.74, 6) is 0.107. The Kier molecular flexibility index (Phi) is 4.64. The Morgan fingerprint density at radius 1 is 1.29 bits per heavy atom. The van der Waals surface area contributed by atoms with Crippen molar-refractivity contribution in [1.82, 2.24) is 9.29 Å². The van der Waals surface area contributed by atoms with Crippen LogP contribution in [0.5, 0.6) is 0 Å². The number of fused-ring (bicyclic) bond motifs is 1. The van der Waals surface area contributed by atoms with Crippen LogP contribution in [0, 0.1) is 0 Å². The third-order valence-corrected chi connectivity index (χ3v) is 5.16. The van der Waals surface area contributed by atoms with Gasteiger partial charge in [-0.1, -0.05) is 18.2 Å². The minimum Gasteiger partial charge on any atom is -0.396 e. The lowest BCUT2D eigenvalue weighted by Crippen LogP contribution is -2.26. The highest BCUT2D eigenvalue weighted by Gasteiger charge is 2.13. The molecule has 0 fully saturated rings. The third kappa shape index (κ3) is 3.62. The van der Waals surface area contributed by atoms with Gasteiger partial charge in [0.1, 0.15) is 0 Å². The van der Waals surface area contributed by atoms with Gasteiger partial charge in [-0.25, -0.2) is 12.7 Å². The van der Waals surface area contributed by atoms with Gasteiger partial charge in [-0.05, 0) is 12.5 Å². The van der Waals surface area contributed by atoms with Gasteiger partial charge in [0, 0.05) is 26.0 Å². The van der Waals surface area contributed by atoms with Gasteiger partial charge in [0.05, 0.1) is 28.8 Å². The van der Waals surface area contributed by atoms with Crippen LogP contribution in [0.4, 0.5) is 11.4 Å². The van der Waals surface area contributed by atoms with E-state index < -0.39 is 10.0 Å². The zero-order valence-electron chi connectivity index (χ0n) is 12.2. The summed E-state index contributed by atoms with van der Waals surface area (Å²) in [5.41, 5.74) is 8.18. The van der Waals surface area contributed by atoms with Gasteiger partial charge in [-0.15, -0.1) is 0 Å². The molecule has 0 saturated heterocycles. The van der Waals surface area contributed by atoms with E-state index in [4.69, 9.17) is 5.73 Å². The number of aromatic nitrogens is 1. The summed E-state index contributed by atoms with van der Waals surface area (Å²) in [7, 11) is -0.0779. The van der Waals surface area contributed by atoms with Crippen molar-refractivity contribution in [2.45, 2.75) is 6.42 Å². The Bertz CT molecular complexity index is 729. The maximum absolute atomic E-state index is 11.7. The first-order valence-corrected chi connectivity index (χ1v) is 8.30. The van der Waals surface area contributed by atoms with E-state index in [0.717, 1.165) is 16.6 Å². The normalized spacial score (nSPS) is 12.0. The number of benzene rings is 1. The van der Waals surface area contributed by atoms with Crippen molar-refractivity contribution in [1.29, 1.82) is 0 Å². The van der Waals surface area contributed by atoms with E-state index >= 15 is 0 Å². The quantitative estimate of drug-likeness (QED) is 0.790. The molecule has 0 spiro atoms. The average Bonchev–Trinajstić information content (AvgIpc) is 2.45. The summed E-state index contributed by atoms with van der Waals surface area (Å²) in [6.45, 7) is 0.533. The lowest BCUT2D eigenvalue weighted by Gasteiger charge is -2.14. The van der Waals surface area contributed by atoms with Crippen LogP contribution in [0.3, 0.4) is 0 Å². The summed E-state index contributed by atoms with van der Waals surface area (Å²) < 4.78 is 24.6. The highest BCUT2D eigenvalue weighted by molar-refractivity contribution is 7.89. The van der Waals surface area contributed by atoms with Crippen molar-refractivity contribution in [3.63, 3.8) is 0 Å². The molecule has 0 aliphatic carbocycles. The number of nitrogens with zero attached hydrogens (tertiary/aromatic N) is 2. The highest BCUT2D eigenvalue weighted by atomic mass is 32.2. The minimum absolute atomic E-state index is 0.107. The Morgan fingerprint density at radius 2 is 2.00 bits per heavy atom. The SMILES string of the molecule is CN(C)S(=O)(=O)CCCNc1c(N)cnc2ccccc12. The van der Waals surface area contributed by atoms with Gasteiger partial charge < -0.3 is 11.1 Å². The molecule has 6 nitrogen and oxygen atoms in total. The first-order valence-electron chi connectivity index (χ1n) is 6.69. The molecule has 1 aromatic carbocycles. The molecular formula is C14H20N4O2S. The van der Waals surface area contributed by atoms with Crippen molar-refractivity contribution in [2.24, 2.45) is 0 Å². The van der Waals surface area contributed by atoms with Crippen molar-refractivity contribution >= 4 is 32.3 Å². The Hall–Kier alpha value is -1.86. The fourth-order valence-electron chi connectivity index (χ4n) is 2.00. The van der Waals surface area contributed by atoms with E-state index in [0.29, 0.717) is 18.7 Å². The van der Waals surface area contributed by atoms with Gasteiger partial charge >= 0.3 is 0 Å². The van der Waals surface area contributed by atoms with Crippen LogP contribution >= 0.6 is 0 Å². The number of nitrogens with one attached hydrogen (secondary N) is 1. The molecule has 2 rings (SSSR count). The molecule has 3 N–H and O–H groups in total. The number of hydrogen-bond acceptors (Lipinski definition) is 5. The molecule has 1 aromatic heterocycles. The average molecular weight is 308 g/mol. The maximum atomic E-state index is 11.7. The van der Waals surface area contributed by atoms with Gasteiger partial charge in [0.2, 0.25) is 10.0 Å². The summed E-state index contributed by atoms with van der Waals surface area (Å²) in [5, 5.41) is 4.16. The van der Waals surface area contributed by atoms with E-state index in [2.05, 4.69) is 10.3 Å². The second-order valence-corrected chi connectivity index (χ2v) is 7.29. The molecule has 0 aliphatic heterocycles. The fraction of sp³-hybridized carbons (Fsp3) is 0.357. The molecule has 0 atom stereocenters. The topological polar surface area (TPSA) is 88.3 Å². The van der Waals surface area contributed by atoms with E-state index in [1.807, 2.05) is 24.3 Å². The summed E-state index contributed by atoms with van der Waals surface area (Å²) >= 11 is 0. The molecule has 7 heteroatoms. The number of nitrogen functional groups attached to an aromatic ring is 1. The Labute approximate surface area is 125 Å². The van der Waals surface area contributed by atoms with Crippen LogP contribution in [-0.2, 0) is 10.0 Å². The second-order valence-electron chi connectivity index (χ2n) is 4.98. The molecule has 0 bridgehead atoms. The number of pyridine rings is 1. The van der Waals surface area contributed by atoms with E-state index in [9.17, 15) is 8.42 Å². The first-order chi connectivity index (χ1) is 9.92. The molecule has 0 aliphatic rings. The lowest BCUT2D eigenvalue weighted by atomic mass is 10.1. The first kappa shape index (κ1) is 15.5. The fourth-order valence-corrected chi connectivity index (χ4v) is 2.88.